The average molecular weight is 337 g/mol. The van der Waals surface area contributed by atoms with E-state index in [2.05, 4.69) is 32.8 Å². The van der Waals surface area contributed by atoms with Gasteiger partial charge in [-0.25, -0.2) is 4.98 Å². The first-order valence-corrected chi connectivity index (χ1v) is 9.64. The minimum Gasteiger partial charge on any atom is -0.352 e. The minimum atomic E-state index is 0.178. The molecule has 0 bridgehead atoms. The third-order valence-electron chi connectivity index (χ3n) is 5.17. The van der Waals surface area contributed by atoms with Crippen molar-refractivity contribution in [3.8, 4) is 0 Å². The molecular weight excluding hydrogens is 308 g/mol. The van der Waals surface area contributed by atoms with Crippen LogP contribution in [0.3, 0.4) is 0 Å². The molecule has 6 heteroatoms. The zero-order chi connectivity index (χ0) is 16.2. The molecule has 3 rings (SSSR count). The van der Waals surface area contributed by atoms with Crippen LogP contribution in [0.25, 0.3) is 0 Å². The topological polar surface area (TPSA) is 57.3 Å². The van der Waals surface area contributed by atoms with Gasteiger partial charge >= 0.3 is 0 Å². The number of aromatic nitrogens is 1. The Hall–Kier alpha value is -0.980. The van der Waals surface area contributed by atoms with Crippen LogP contribution in [0, 0.1) is 18.8 Å². The van der Waals surface area contributed by atoms with Gasteiger partial charge in [-0.3, -0.25) is 9.69 Å². The molecule has 0 radical (unpaired) electrons. The molecule has 2 unspecified atom stereocenters. The van der Waals surface area contributed by atoms with E-state index in [0.717, 1.165) is 62.7 Å². The van der Waals surface area contributed by atoms with E-state index in [9.17, 15) is 4.79 Å². The fourth-order valence-electron chi connectivity index (χ4n) is 3.55. The summed E-state index contributed by atoms with van der Waals surface area (Å²) in [7, 11) is 0. The van der Waals surface area contributed by atoms with Crippen molar-refractivity contribution in [2.75, 3.05) is 26.2 Å². The summed E-state index contributed by atoms with van der Waals surface area (Å²) in [5.74, 6) is 1.01. The second-order valence-electron chi connectivity index (χ2n) is 6.99. The third-order valence-corrected chi connectivity index (χ3v) is 5.99. The predicted molar refractivity (Wildman–Crippen MR) is 93.4 cm³/mol. The van der Waals surface area contributed by atoms with Gasteiger partial charge in [0.2, 0.25) is 5.91 Å². The van der Waals surface area contributed by atoms with Crippen molar-refractivity contribution in [1.29, 1.82) is 0 Å². The van der Waals surface area contributed by atoms with Crippen molar-refractivity contribution in [2.45, 2.75) is 45.7 Å². The van der Waals surface area contributed by atoms with Crippen LogP contribution in [0.4, 0.5) is 0 Å². The van der Waals surface area contributed by atoms with Gasteiger partial charge in [0.1, 0.15) is 0 Å². The Balaban J connectivity index is 1.43. The Morgan fingerprint density at radius 2 is 2.22 bits per heavy atom. The molecule has 23 heavy (non-hydrogen) atoms. The van der Waals surface area contributed by atoms with Crippen molar-refractivity contribution < 1.29 is 4.79 Å². The van der Waals surface area contributed by atoms with E-state index in [1.54, 1.807) is 11.3 Å². The molecule has 0 spiro atoms. The molecular formula is C17H28N4OS. The lowest BCUT2D eigenvalue weighted by atomic mass is 9.92. The second kappa shape index (κ2) is 7.73. The fourth-order valence-corrected chi connectivity index (χ4v) is 4.15. The number of piperidine rings is 2. The number of aryl methyl sites for hydroxylation is 1. The van der Waals surface area contributed by atoms with Gasteiger partial charge in [-0.1, -0.05) is 6.92 Å². The summed E-state index contributed by atoms with van der Waals surface area (Å²) in [6.45, 7) is 9.18. The quantitative estimate of drug-likeness (QED) is 0.880. The normalized spacial score (nSPS) is 27.0. The van der Waals surface area contributed by atoms with Gasteiger partial charge in [-0.2, -0.15) is 0 Å². The molecule has 0 aromatic carbocycles. The molecule has 5 nitrogen and oxygen atoms in total. The number of thiazole rings is 1. The first-order valence-electron chi connectivity index (χ1n) is 8.76. The summed E-state index contributed by atoms with van der Waals surface area (Å²) in [6, 6.07) is 0.298. The van der Waals surface area contributed by atoms with Crippen LogP contribution in [0.15, 0.2) is 5.38 Å². The van der Waals surface area contributed by atoms with Crippen LogP contribution < -0.4 is 10.6 Å². The third kappa shape index (κ3) is 4.52. The summed E-state index contributed by atoms with van der Waals surface area (Å²) >= 11 is 1.71. The number of nitrogens with one attached hydrogen (secondary N) is 2. The van der Waals surface area contributed by atoms with E-state index < -0.39 is 0 Å². The highest BCUT2D eigenvalue weighted by molar-refractivity contribution is 7.09. The largest absolute Gasteiger partial charge is 0.352 e. The number of hydrogen-bond acceptors (Lipinski definition) is 5. The Labute approximate surface area is 142 Å². The van der Waals surface area contributed by atoms with E-state index in [1.165, 1.54) is 0 Å². The second-order valence-corrected chi connectivity index (χ2v) is 8.06. The number of rotatable bonds is 4. The number of carbonyl (C=O) groups is 1. The lowest BCUT2D eigenvalue weighted by molar-refractivity contribution is -0.127. The zero-order valence-electron chi connectivity index (χ0n) is 14.2. The summed E-state index contributed by atoms with van der Waals surface area (Å²) in [5, 5.41) is 9.93. The van der Waals surface area contributed by atoms with Crippen LogP contribution in [0.1, 0.15) is 36.9 Å². The molecule has 2 fully saturated rings. The Bertz CT molecular complexity index is 524. The molecule has 1 aromatic rings. The molecule has 2 saturated heterocycles. The van der Waals surface area contributed by atoms with Crippen LogP contribution in [0.2, 0.25) is 0 Å². The first kappa shape index (κ1) is 16.9. The molecule has 3 heterocycles. The highest BCUT2D eigenvalue weighted by Crippen LogP contribution is 2.21. The molecule has 2 aliphatic rings. The molecule has 0 aliphatic carbocycles. The van der Waals surface area contributed by atoms with E-state index >= 15 is 0 Å². The number of amides is 1. The van der Waals surface area contributed by atoms with Gasteiger partial charge < -0.3 is 10.6 Å². The fraction of sp³-hybridized carbons (Fsp3) is 0.765. The van der Waals surface area contributed by atoms with Crippen molar-refractivity contribution in [1.82, 2.24) is 20.5 Å². The monoisotopic (exact) mass is 336 g/mol. The maximum atomic E-state index is 12.5. The predicted octanol–water partition coefficient (Wildman–Crippen LogP) is 1.78. The van der Waals surface area contributed by atoms with Gasteiger partial charge in [0.05, 0.1) is 10.7 Å². The lowest BCUT2D eigenvalue weighted by Gasteiger charge is -2.34. The van der Waals surface area contributed by atoms with E-state index in [-0.39, 0.29) is 11.8 Å². The summed E-state index contributed by atoms with van der Waals surface area (Å²) < 4.78 is 0. The van der Waals surface area contributed by atoms with E-state index in [4.69, 9.17) is 0 Å². The van der Waals surface area contributed by atoms with Crippen LogP contribution in [-0.4, -0.2) is 48.0 Å². The van der Waals surface area contributed by atoms with Gasteiger partial charge in [0, 0.05) is 30.4 Å². The summed E-state index contributed by atoms with van der Waals surface area (Å²) in [6.07, 6.45) is 3.07. The highest BCUT2D eigenvalue weighted by atomic mass is 32.1. The minimum absolute atomic E-state index is 0.178. The summed E-state index contributed by atoms with van der Waals surface area (Å²) in [4.78, 5) is 19.5. The zero-order valence-corrected chi connectivity index (χ0v) is 15.0. The molecule has 0 saturated carbocycles. The van der Waals surface area contributed by atoms with E-state index in [0.29, 0.717) is 12.0 Å². The lowest BCUT2D eigenvalue weighted by Crippen LogP contribution is -2.52. The standard InChI is InChI=1S/C17H28N4OS/c1-12-3-6-18-9-16(12)20-17(22)14-4-7-21(8-5-14)10-15-11-23-13(2)19-15/h11-12,14,16,18H,3-10H2,1-2H3,(H,20,22). The van der Waals surface area contributed by atoms with Crippen molar-refractivity contribution >= 4 is 17.2 Å². The molecule has 128 valence electrons. The van der Waals surface area contributed by atoms with E-state index in [1.807, 2.05) is 6.92 Å². The highest BCUT2D eigenvalue weighted by Gasteiger charge is 2.29. The smallest absolute Gasteiger partial charge is 0.223 e. The molecule has 2 N–H and O–H groups in total. The maximum Gasteiger partial charge on any atom is 0.223 e. The average Bonchev–Trinajstić information content (AvgIpc) is 2.95. The number of carbonyl (C=O) groups excluding carboxylic acids is 1. The molecule has 1 aromatic heterocycles. The van der Waals surface area contributed by atoms with Gasteiger partial charge in [-0.05, 0) is 51.7 Å². The van der Waals surface area contributed by atoms with Crippen molar-refractivity contribution in [3.63, 3.8) is 0 Å². The first-order chi connectivity index (χ1) is 11.1. The molecule has 2 aliphatic heterocycles. The van der Waals surface area contributed by atoms with Gasteiger partial charge in [0.15, 0.2) is 0 Å². The Morgan fingerprint density at radius 1 is 1.43 bits per heavy atom. The van der Waals surface area contributed by atoms with Crippen LogP contribution >= 0.6 is 11.3 Å². The number of nitrogens with zero attached hydrogens (tertiary/aromatic N) is 2. The molecule has 1 amide bonds. The van der Waals surface area contributed by atoms with Crippen LogP contribution in [0.5, 0.6) is 0 Å². The van der Waals surface area contributed by atoms with Crippen molar-refractivity contribution in [2.24, 2.45) is 11.8 Å². The molecule has 2 atom stereocenters. The van der Waals surface area contributed by atoms with Gasteiger partial charge in [0.25, 0.3) is 0 Å². The Kier molecular flexibility index (Phi) is 5.67. The number of likely N-dealkylation sites (tertiary alicyclic amines) is 1. The van der Waals surface area contributed by atoms with Crippen molar-refractivity contribution in [3.05, 3.63) is 16.1 Å². The SMILES string of the molecule is Cc1nc(CN2CCC(C(=O)NC3CNCCC3C)CC2)cs1. The Morgan fingerprint density at radius 3 is 2.87 bits per heavy atom. The summed E-state index contributed by atoms with van der Waals surface area (Å²) in [5.41, 5.74) is 1.16. The van der Waals surface area contributed by atoms with Crippen LogP contribution in [-0.2, 0) is 11.3 Å². The van der Waals surface area contributed by atoms with Gasteiger partial charge in [-0.15, -0.1) is 11.3 Å². The number of hydrogen-bond donors (Lipinski definition) is 2. The maximum absolute atomic E-state index is 12.5.